The molecule has 20 heavy (non-hydrogen) atoms. The summed E-state index contributed by atoms with van der Waals surface area (Å²) in [6.07, 6.45) is 8.14. The second kappa shape index (κ2) is 13.9. The molecule has 0 aliphatic rings. The van der Waals surface area contributed by atoms with Crippen molar-refractivity contribution in [3.05, 3.63) is 0 Å². The number of rotatable bonds is 14. The summed E-state index contributed by atoms with van der Waals surface area (Å²) in [5.74, 6) is 1.67. The zero-order chi connectivity index (χ0) is 15.2. The highest BCUT2D eigenvalue weighted by Crippen LogP contribution is 2.11. The molecule has 0 heterocycles. The molecular formula is C18H40N2. The topological polar surface area (TPSA) is 15.3 Å². The van der Waals surface area contributed by atoms with Crippen LogP contribution in [0.15, 0.2) is 0 Å². The lowest BCUT2D eigenvalue weighted by molar-refractivity contribution is 0.229. The molecule has 122 valence electrons. The van der Waals surface area contributed by atoms with Gasteiger partial charge in [0.1, 0.15) is 0 Å². The summed E-state index contributed by atoms with van der Waals surface area (Å²) >= 11 is 0. The summed E-state index contributed by atoms with van der Waals surface area (Å²) in [5.41, 5.74) is 0. The van der Waals surface area contributed by atoms with Crippen molar-refractivity contribution in [1.29, 1.82) is 0 Å². The Morgan fingerprint density at radius 2 is 1.55 bits per heavy atom. The van der Waals surface area contributed by atoms with Crippen molar-refractivity contribution in [2.24, 2.45) is 11.8 Å². The quantitative estimate of drug-likeness (QED) is 0.471. The Morgan fingerprint density at radius 3 is 2.10 bits per heavy atom. The van der Waals surface area contributed by atoms with E-state index in [0.717, 1.165) is 11.8 Å². The van der Waals surface area contributed by atoms with Crippen LogP contribution in [0.25, 0.3) is 0 Å². The minimum Gasteiger partial charge on any atom is -0.316 e. The largest absolute Gasteiger partial charge is 0.316 e. The van der Waals surface area contributed by atoms with E-state index >= 15 is 0 Å². The zero-order valence-electron chi connectivity index (χ0n) is 14.9. The summed E-state index contributed by atoms with van der Waals surface area (Å²) in [6, 6.07) is 0. The van der Waals surface area contributed by atoms with E-state index in [-0.39, 0.29) is 0 Å². The van der Waals surface area contributed by atoms with Gasteiger partial charge in [0.15, 0.2) is 0 Å². The van der Waals surface area contributed by atoms with Gasteiger partial charge in [-0.25, -0.2) is 0 Å². The van der Waals surface area contributed by atoms with E-state index in [2.05, 4.69) is 44.8 Å². The lowest BCUT2D eigenvalue weighted by atomic mass is 10.0. The van der Waals surface area contributed by atoms with Crippen molar-refractivity contribution in [1.82, 2.24) is 10.2 Å². The van der Waals surface area contributed by atoms with Gasteiger partial charge < -0.3 is 10.2 Å². The van der Waals surface area contributed by atoms with Crippen LogP contribution in [-0.4, -0.2) is 37.6 Å². The molecule has 0 atom stereocenters. The van der Waals surface area contributed by atoms with Crippen LogP contribution in [0.3, 0.4) is 0 Å². The molecule has 0 unspecified atom stereocenters. The molecule has 0 radical (unpaired) electrons. The minimum absolute atomic E-state index is 0.776. The Kier molecular flexibility index (Phi) is 13.8. The number of hydrogen-bond donors (Lipinski definition) is 1. The standard InChI is InChI=1S/C18H40N2/c1-6-18(7-2)16-20(8-3)14-12-10-9-11-13-19-15-17(4)5/h17-19H,6-16H2,1-5H3. The van der Waals surface area contributed by atoms with Crippen LogP contribution in [0.4, 0.5) is 0 Å². The third kappa shape index (κ3) is 11.7. The van der Waals surface area contributed by atoms with Crippen LogP contribution in [0.2, 0.25) is 0 Å². The van der Waals surface area contributed by atoms with E-state index in [1.807, 2.05) is 0 Å². The zero-order valence-corrected chi connectivity index (χ0v) is 14.9. The second-order valence-corrected chi connectivity index (χ2v) is 6.59. The molecular weight excluding hydrogens is 244 g/mol. The fourth-order valence-corrected chi connectivity index (χ4v) is 2.62. The average Bonchev–Trinajstić information content (AvgIpc) is 2.44. The Bertz CT molecular complexity index is 188. The molecule has 0 rings (SSSR count). The second-order valence-electron chi connectivity index (χ2n) is 6.59. The Morgan fingerprint density at radius 1 is 0.900 bits per heavy atom. The summed E-state index contributed by atoms with van der Waals surface area (Å²) in [5, 5.41) is 3.53. The predicted molar refractivity (Wildman–Crippen MR) is 92.4 cm³/mol. The third-order valence-electron chi connectivity index (χ3n) is 4.25. The monoisotopic (exact) mass is 284 g/mol. The van der Waals surface area contributed by atoms with E-state index in [1.54, 1.807) is 0 Å². The van der Waals surface area contributed by atoms with Crippen molar-refractivity contribution in [3.63, 3.8) is 0 Å². The van der Waals surface area contributed by atoms with E-state index in [1.165, 1.54) is 71.2 Å². The van der Waals surface area contributed by atoms with Gasteiger partial charge in [-0.05, 0) is 50.9 Å². The SMILES string of the molecule is CCC(CC)CN(CC)CCCCCCNCC(C)C. The van der Waals surface area contributed by atoms with Crippen molar-refractivity contribution in [2.75, 3.05) is 32.7 Å². The van der Waals surface area contributed by atoms with Gasteiger partial charge >= 0.3 is 0 Å². The maximum atomic E-state index is 3.53. The lowest BCUT2D eigenvalue weighted by Crippen LogP contribution is -2.30. The fraction of sp³-hybridized carbons (Fsp3) is 1.00. The summed E-state index contributed by atoms with van der Waals surface area (Å²) < 4.78 is 0. The van der Waals surface area contributed by atoms with Crippen LogP contribution in [0.1, 0.15) is 73.1 Å². The number of hydrogen-bond acceptors (Lipinski definition) is 2. The van der Waals surface area contributed by atoms with E-state index < -0.39 is 0 Å². The van der Waals surface area contributed by atoms with Crippen molar-refractivity contribution in [3.8, 4) is 0 Å². The summed E-state index contributed by atoms with van der Waals surface area (Å²) in [4.78, 5) is 2.65. The molecule has 0 fully saturated rings. The third-order valence-corrected chi connectivity index (χ3v) is 4.25. The first kappa shape index (κ1) is 19.9. The molecule has 0 aromatic rings. The van der Waals surface area contributed by atoms with E-state index in [0.29, 0.717) is 0 Å². The maximum Gasteiger partial charge on any atom is 0.000934 e. The predicted octanol–water partition coefficient (Wildman–Crippen LogP) is 4.55. The molecule has 0 aliphatic heterocycles. The molecule has 2 nitrogen and oxygen atoms in total. The molecule has 0 aromatic carbocycles. The van der Waals surface area contributed by atoms with E-state index in [9.17, 15) is 0 Å². The fourth-order valence-electron chi connectivity index (χ4n) is 2.62. The van der Waals surface area contributed by atoms with Gasteiger partial charge in [0.2, 0.25) is 0 Å². The number of nitrogens with one attached hydrogen (secondary N) is 1. The first-order valence-corrected chi connectivity index (χ1v) is 9.06. The number of unbranched alkanes of at least 4 members (excludes halogenated alkanes) is 3. The van der Waals surface area contributed by atoms with E-state index in [4.69, 9.17) is 0 Å². The normalized spacial score (nSPS) is 12.0. The van der Waals surface area contributed by atoms with Crippen molar-refractivity contribution in [2.45, 2.75) is 73.1 Å². The van der Waals surface area contributed by atoms with Crippen LogP contribution in [-0.2, 0) is 0 Å². The maximum absolute atomic E-state index is 3.53. The highest BCUT2D eigenvalue weighted by Gasteiger charge is 2.09. The minimum atomic E-state index is 0.776. The van der Waals surface area contributed by atoms with Gasteiger partial charge in [-0.2, -0.15) is 0 Å². The summed E-state index contributed by atoms with van der Waals surface area (Å²) in [7, 11) is 0. The van der Waals surface area contributed by atoms with Crippen molar-refractivity contribution >= 4 is 0 Å². The molecule has 0 saturated carbocycles. The average molecular weight is 285 g/mol. The van der Waals surface area contributed by atoms with Crippen LogP contribution >= 0.6 is 0 Å². The molecule has 0 amide bonds. The Balaban J connectivity index is 3.46. The van der Waals surface area contributed by atoms with Gasteiger partial charge in [-0.15, -0.1) is 0 Å². The van der Waals surface area contributed by atoms with Gasteiger partial charge in [-0.1, -0.05) is 60.3 Å². The highest BCUT2D eigenvalue weighted by molar-refractivity contribution is 4.63. The lowest BCUT2D eigenvalue weighted by Gasteiger charge is -2.25. The molecule has 0 aliphatic carbocycles. The smallest absolute Gasteiger partial charge is 0.000934 e. The molecule has 2 heteroatoms. The Hall–Kier alpha value is -0.0800. The summed E-state index contributed by atoms with van der Waals surface area (Å²) in [6.45, 7) is 17.7. The molecule has 0 saturated heterocycles. The van der Waals surface area contributed by atoms with Gasteiger partial charge in [0.25, 0.3) is 0 Å². The van der Waals surface area contributed by atoms with Crippen molar-refractivity contribution < 1.29 is 0 Å². The highest BCUT2D eigenvalue weighted by atomic mass is 15.1. The molecule has 0 spiro atoms. The number of nitrogens with zero attached hydrogens (tertiary/aromatic N) is 1. The molecule has 0 bridgehead atoms. The first-order chi connectivity index (χ1) is 9.63. The van der Waals surface area contributed by atoms with Gasteiger partial charge in [0, 0.05) is 6.54 Å². The van der Waals surface area contributed by atoms with Gasteiger partial charge in [0.05, 0.1) is 0 Å². The molecule has 0 aromatic heterocycles. The van der Waals surface area contributed by atoms with Gasteiger partial charge in [-0.3, -0.25) is 0 Å². The molecule has 1 N–H and O–H groups in total. The van der Waals surface area contributed by atoms with Crippen LogP contribution in [0.5, 0.6) is 0 Å². The Labute approximate surface area is 128 Å². The van der Waals surface area contributed by atoms with Crippen LogP contribution < -0.4 is 5.32 Å². The first-order valence-electron chi connectivity index (χ1n) is 9.06. The van der Waals surface area contributed by atoms with Crippen LogP contribution in [0, 0.1) is 11.8 Å².